The normalized spacial score (nSPS) is 13.9. The summed E-state index contributed by atoms with van der Waals surface area (Å²) in [5.41, 5.74) is 5.01. The molecule has 0 heterocycles. The highest BCUT2D eigenvalue weighted by Gasteiger charge is 2.22. The number of nitrogens with two attached hydrogens (primary N) is 1. The average Bonchev–Trinajstić information content (AvgIpc) is 2.36. The van der Waals surface area contributed by atoms with Gasteiger partial charge in [0.05, 0.1) is 0 Å². The second-order valence-corrected chi connectivity index (χ2v) is 9.51. The molecule has 0 spiro atoms. The van der Waals surface area contributed by atoms with Gasteiger partial charge in [-0.3, -0.25) is 19.1 Å². The van der Waals surface area contributed by atoms with Crippen molar-refractivity contribution in [2.75, 3.05) is 27.6 Å². The van der Waals surface area contributed by atoms with Gasteiger partial charge in [0.15, 0.2) is 0 Å². The van der Waals surface area contributed by atoms with Crippen molar-refractivity contribution >= 4 is 49.1 Å². The van der Waals surface area contributed by atoms with Crippen molar-refractivity contribution in [2.24, 2.45) is 5.50 Å². The quantitative estimate of drug-likeness (QED) is 0.564. The van der Waals surface area contributed by atoms with E-state index in [0.29, 0.717) is 0 Å². The maximum absolute atomic E-state index is 11.0. The molecule has 0 rings (SSSR count). The molecule has 1 unspecified atom stereocenters. The van der Waals surface area contributed by atoms with Gasteiger partial charge in [0.1, 0.15) is 10.8 Å². The average molecular weight is 362 g/mol. The van der Waals surface area contributed by atoms with Gasteiger partial charge in [-0.2, -0.15) is 0 Å². The van der Waals surface area contributed by atoms with Crippen molar-refractivity contribution in [3.63, 3.8) is 0 Å². The standard InChI is InChI=1S/C4H7Cl2O4P.C2H8NO2PS/c1-8-11(7,9-2)10-3-4(5)6;1-5-6(3,4)7-2/h3H,1-2H3;1-2H3,(H2,3,4). The van der Waals surface area contributed by atoms with E-state index < -0.39 is 14.5 Å². The summed E-state index contributed by atoms with van der Waals surface area (Å²) >= 11 is 11.4. The van der Waals surface area contributed by atoms with Crippen LogP contribution in [-0.4, -0.2) is 27.6 Å². The smallest absolute Gasteiger partial charge is 0.409 e. The summed E-state index contributed by atoms with van der Waals surface area (Å²) in [6.45, 7) is -2.74. The molecule has 2 N–H and O–H groups in total. The molecule has 0 saturated heterocycles. The highest BCUT2D eigenvalue weighted by atomic mass is 35.5. The molecule has 7 nitrogen and oxygen atoms in total. The molecular weight excluding hydrogens is 347 g/mol. The number of rotatable bonds is 6. The molecule has 0 aliphatic heterocycles. The molecule has 0 aliphatic carbocycles. The van der Waals surface area contributed by atoms with E-state index in [0.717, 1.165) is 17.6 Å². The topological polar surface area (TPSA) is 97.1 Å². The van der Waals surface area contributed by atoms with Crippen LogP contribution in [-0.2, 0) is 27.2 Å². The minimum atomic E-state index is -3.48. The van der Waals surface area contributed by atoms with Crippen molar-refractivity contribution in [2.45, 2.75) is 0 Å². The fourth-order valence-corrected chi connectivity index (χ4v) is 1.70. The summed E-state index contributed by atoms with van der Waals surface area (Å²) in [5, 5.41) is 0. The van der Waals surface area contributed by atoms with Crippen LogP contribution in [0.4, 0.5) is 0 Å². The van der Waals surface area contributed by atoms with E-state index in [1.807, 2.05) is 0 Å². The lowest BCUT2D eigenvalue weighted by atomic mass is 11.2. The van der Waals surface area contributed by atoms with E-state index in [1.165, 1.54) is 21.3 Å². The molecule has 0 saturated carbocycles. The van der Waals surface area contributed by atoms with Gasteiger partial charge in [0, 0.05) is 21.3 Å². The molecule has 0 radical (unpaired) electrons. The van der Waals surface area contributed by atoms with E-state index in [2.05, 4.69) is 18.1 Å². The molecule has 12 heteroatoms. The lowest BCUT2D eigenvalue weighted by molar-refractivity contribution is 0.194. The zero-order valence-corrected chi connectivity index (χ0v) is 14.3. The third kappa shape index (κ3) is 11.8. The minimum absolute atomic E-state index is 0.167. The van der Waals surface area contributed by atoms with Gasteiger partial charge in [-0.1, -0.05) is 34.6 Å². The summed E-state index contributed by atoms with van der Waals surface area (Å²) in [4.78, 5) is 0. The van der Waals surface area contributed by atoms with Crippen LogP contribution in [0, 0.1) is 0 Å². The van der Waals surface area contributed by atoms with Crippen molar-refractivity contribution in [3.8, 4) is 0 Å². The van der Waals surface area contributed by atoms with Crippen LogP contribution in [0.5, 0.6) is 0 Å². The third-order valence-electron chi connectivity index (χ3n) is 1.23. The molecule has 0 fully saturated rings. The van der Waals surface area contributed by atoms with E-state index in [-0.39, 0.29) is 4.49 Å². The third-order valence-corrected chi connectivity index (χ3v) is 5.66. The fourth-order valence-electron chi connectivity index (χ4n) is 0.340. The molecule has 18 heavy (non-hydrogen) atoms. The monoisotopic (exact) mass is 361 g/mol. The summed E-state index contributed by atoms with van der Waals surface area (Å²) in [5.74, 6) is 0. The van der Waals surface area contributed by atoms with Crippen molar-refractivity contribution in [1.82, 2.24) is 0 Å². The summed E-state index contributed by atoms with van der Waals surface area (Å²) in [6, 6.07) is 0. The van der Waals surface area contributed by atoms with E-state index >= 15 is 0 Å². The largest absolute Gasteiger partial charge is 0.529 e. The lowest BCUT2D eigenvalue weighted by Crippen LogP contribution is -1.89. The highest BCUT2D eigenvalue weighted by molar-refractivity contribution is 8.55. The second kappa shape index (κ2) is 10.5. The maximum Gasteiger partial charge on any atom is 0.529 e. The number of hydrogen-bond donors (Lipinski definition) is 1. The molecule has 110 valence electrons. The van der Waals surface area contributed by atoms with Crippen LogP contribution < -0.4 is 5.50 Å². The van der Waals surface area contributed by atoms with E-state index in [4.69, 9.17) is 28.7 Å². The Labute approximate surface area is 120 Å². The molecule has 1 atom stereocenters. The molecule has 0 aromatic heterocycles. The zero-order chi connectivity index (χ0) is 14.8. The lowest BCUT2D eigenvalue weighted by Gasteiger charge is -2.10. The van der Waals surface area contributed by atoms with Gasteiger partial charge >= 0.3 is 14.5 Å². The van der Waals surface area contributed by atoms with Crippen LogP contribution >= 0.6 is 49.1 Å². The first-order valence-electron chi connectivity index (χ1n) is 4.07. The Balaban J connectivity index is 0. The molecule has 0 aliphatic rings. The van der Waals surface area contributed by atoms with Gasteiger partial charge in [0.2, 0.25) is 0 Å². The Morgan fingerprint density at radius 3 is 1.78 bits per heavy atom. The SMILES string of the molecule is COP(=O)(OC)OC=C(Cl)Cl.COP(N)(=O)SC. The van der Waals surface area contributed by atoms with Crippen molar-refractivity contribution in [1.29, 1.82) is 0 Å². The first-order valence-corrected chi connectivity index (χ1v) is 9.81. The van der Waals surface area contributed by atoms with Crippen LogP contribution in [0.1, 0.15) is 0 Å². The van der Waals surface area contributed by atoms with E-state index in [9.17, 15) is 9.13 Å². The van der Waals surface area contributed by atoms with Crippen LogP contribution in [0.3, 0.4) is 0 Å². The first kappa shape index (κ1) is 21.1. The van der Waals surface area contributed by atoms with Crippen molar-refractivity contribution < 1.29 is 27.2 Å². The predicted octanol–water partition coefficient (Wildman–Crippen LogP) is 3.74. The predicted molar refractivity (Wildman–Crippen MR) is 74.8 cm³/mol. The van der Waals surface area contributed by atoms with Crippen LogP contribution in [0.25, 0.3) is 0 Å². The number of hydrogen-bond acceptors (Lipinski definition) is 7. The minimum Gasteiger partial charge on any atom is -0.409 e. The Hall–Kier alpha value is 0.770. The molecule has 0 aromatic carbocycles. The highest BCUT2D eigenvalue weighted by Crippen LogP contribution is 2.49. The number of halogens is 2. The van der Waals surface area contributed by atoms with Gasteiger partial charge in [-0.15, -0.1) is 0 Å². The Morgan fingerprint density at radius 2 is 1.61 bits per heavy atom. The number of phosphoric acid groups is 1. The Morgan fingerprint density at radius 1 is 1.17 bits per heavy atom. The van der Waals surface area contributed by atoms with Crippen LogP contribution in [0.2, 0.25) is 0 Å². The summed E-state index contributed by atoms with van der Waals surface area (Å²) in [6.07, 6.45) is 2.52. The van der Waals surface area contributed by atoms with Gasteiger partial charge < -0.3 is 9.05 Å². The van der Waals surface area contributed by atoms with Gasteiger partial charge in [-0.05, 0) is 6.26 Å². The summed E-state index contributed by atoms with van der Waals surface area (Å²) in [7, 11) is 0.212. The molecule has 0 aromatic rings. The van der Waals surface area contributed by atoms with Crippen molar-refractivity contribution in [3.05, 3.63) is 10.8 Å². The molecular formula is C6H15Cl2NO6P2S. The zero-order valence-electron chi connectivity index (χ0n) is 10.2. The Bertz CT molecular complexity index is 335. The maximum atomic E-state index is 11.0. The fraction of sp³-hybridized carbons (Fsp3) is 0.667. The molecule has 0 bridgehead atoms. The van der Waals surface area contributed by atoms with Gasteiger partial charge in [-0.25, -0.2) is 4.57 Å². The summed E-state index contributed by atoms with van der Waals surface area (Å²) < 4.78 is 39.0. The van der Waals surface area contributed by atoms with E-state index in [1.54, 1.807) is 6.26 Å². The first-order chi connectivity index (χ1) is 8.16. The number of phosphoric ester groups is 1. The van der Waals surface area contributed by atoms with Crippen LogP contribution in [0.15, 0.2) is 10.8 Å². The Kier molecular flexibility index (Phi) is 12.3. The molecule has 0 amide bonds. The van der Waals surface area contributed by atoms with Gasteiger partial charge in [0.25, 0.3) is 0 Å². The second-order valence-electron chi connectivity index (χ2n) is 2.23.